The second-order valence-corrected chi connectivity index (χ2v) is 10.7. The summed E-state index contributed by atoms with van der Waals surface area (Å²) in [4.78, 5) is 32.8. The van der Waals surface area contributed by atoms with Crippen molar-refractivity contribution < 1.29 is 19.1 Å². The van der Waals surface area contributed by atoms with Crippen molar-refractivity contribution in [1.82, 2.24) is 19.6 Å². The van der Waals surface area contributed by atoms with Gasteiger partial charge in [0.05, 0.1) is 0 Å². The second-order valence-electron chi connectivity index (χ2n) is 10.7. The fraction of sp³-hybridized carbons (Fsp3) is 0.913. The summed E-state index contributed by atoms with van der Waals surface area (Å²) < 4.78 is 10.9. The van der Waals surface area contributed by atoms with Crippen LogP contribution >= 0.6 is 0 Å². The largest absolute Gasteiger partial charge is 0.444 e. The van der Waals surface area contributed by atoms with Crippen LogP contribution in [0.1, 0.15) is 60.8 Å². The van der Waals surface area contributed by atoms with E-state index >= 15 is 0 Å². The molecule has 2 heterocycles. The van der Waals surface area contributed by atoms with E-state index in [-0.39, 0.29) is 12.2 Å². The van der Waals surface area contributed by atoms with Crippen LogP contribution in [-0.2, 0) is 9.47 Å². The molecule has 2 saturated heterocycles. The number of hydrogen-bond acceptors (Lipinski definition) is 6. The van der Waals surface area contributed by atoms with E-state index < -0.39 is 11.2 Å². The lowest BCUT2D eigenvalue weighted by Gasteiger charge is -2.36. The van der Waals surface area contributed by atoms with Crippen molar-refractivity contribution in [3.63, 3.8) is 0 Å². The minimum atomic E-state index is -0.434. The molecule has 2 aliphatic rings. The van der Waals surface area contributed by atoms with Gasteiger partial charge in [0.25, 0.3) is 0 Å². The van der Waals surface area contributed by atoms with E-state index in [1.165, 1.54) is 19.3 Å². The van der Waals surface area contributed by atoms with Crippen LogP contribution in [0.4, 0.5) is 9.59 Å². The number of nitrogens with zero attached hydrogens (tertiary/aromatic N) is 4. The van der Waals surface area contributed by atoms with Gasteiger partial charge in [-0.25, -0.2) is 9.59 Å². The van der Waals surface area contributed by atoms with E-state index in [0.29, 0.717) is 0 Å². The van der Waals surface area contributed by atoms with Gasteiger partial charge in [-0.1, -0.05) is 6.42 Å². The summed E-state index contributed by atoms with van der Waals surface area (Å²) in [5.74, 6) is 0. The summed E-state index contributed by atoms with van der Waals surface area (Å²) >= 11 is 0. The predicted octanol–water partition coefficient (Wildman–Crippen LogP) is 3.26. The highest BCUT2D eigenvalue weighted by atomic mass is 16.6. The molecule has 0 saturated carbocycles. The van der Waals surface area contributed by atoms with E-state index in [9.17, 15) is 9.59 Å². The zero-order valence-corrected chi connectivity index (χ0v) is 20.6. The van der Waals surface area contributed by atoms with Crippen molar-refractivity contribution >= 4 is 12.2 Å². The maximum atomic E-state index is 12.1. The average molecular weight is 441 g/mol. The lowest BCUT2D eigenvalue weighted by molar-refractivity contribution is 0.0140. The van der Waals surface area contributed by atoms with Gasteiger partial charge in [0, 0.05) is 52.4 Å². The van der Waals surface area contributed by atoms with E-state index in [1.54, 1.807) is 0 Å². The van der Waals surface area contributed by atoms with Crippen molar-refractivity contribution in [3.8, 4) is 0 Å². The zero-order valence-electron chi connectivity index (χ0n) is 20.6. The molecule has 0 bridgehead atoms. The summed E-state index contributed by atoms with van der Waals surface area (Å²) in [5, 5.41) is 0. The number of piperazine rings is 2. The van der Waals surface area contributed by atoms with Crippen LogP contribution in [0.2, 0.25) is 0 Å². The van der Waals surface area contributed by atoms with Crippen molar-refractivity contribution in [3.05, 3.63) is 0 Å². The smallest absolute Gasteiger partial charge is 0.410 e. The third-order valence-corrected chi connectivity index (χ3v) is 5.50. The van der Waals surface area contributed by atoms with Crippen molar-refractivity contribution in [2.75, 3.05) is 65.4 Å². The fourth-order valence-corrected chi connectivity index (χ4v) is 3.81. The number of ether oxygens (including phenoxy) is 2. The SMILES string of the molecule is CC(C)(C)OC(=O)N1CCN(CCCCCN2CCN(C(=O)OC(C)(C)C)CC2)CC1. The standard InChI is InChI=1S/C23H44N4O4/c1-22(2,3)30-20(28)26-16-12-24(13-17-26)10-8-7-9-11-25-14-18-27(19-15-25)21(29)31-23(4,5)6/h7-19H2,1-6H3. The first kappa shape index (κ1) is 25.7. The Kier molecular flexibility index (Phi) is 9.43. The van der Waals surface area contributed by atoms with Gasteiger partial charge in [0.2, 0.25) is 0 Å². The molecule has 0 aromatic heterocycles. The molecule has 2 aliphatic heterocycles. The molecule has 8 heteroatoms. The van der Waals surface area contributed by atoms with E-state index in [1.807, 2.05) is 51.3 Å². The van der Waals surface area contributed by atoms with Crippen LogP contribution in [-0.4, -0.2) is 108 Å². The second kappa shape index (κ2) is 11.4. The Morgan fingerprint density at radius 3 is 1.19 bits per heavy atom. The Hall–Kier alpha value is -1.54. The van der Waals surface area contributed by atoms with Crippen LogP contribution in [0.5, 0.6) is 0 Å². The summed E-state index contributed by atoms with van der Waals surface area (Å²) in [5.41, 5.74) is -0.868. The molecule has 0 spiro atoms. The van der Waals surface area contributed by atoms with E-state index in [4.69, 9.17) is 9.47 Å². The molecule has 0 aromatic carbocycles. The quantitative estimate of drug-likeness (QED) is 0.591. The Labute approximate surface area is 188 Å². The summed E-state index contributed by atoms with van der Waals surface area (Å²) in [6.45, 7) is 20.3. The van der Waals surface area contributed by atoms with Crippen LogP contribution < -0.4 is 0 Å². The molecular formula is C23H44N4O4. The van der Waals surface area contributed by atoms with E-state index in [0.717, 1.165) is 65.4 Å². The summed E-state index contributed by atoms with van der Waals surface area (Å²) in [6.07, 6.45) is 3.19. The minimum Gasteiger partial charge on any atom is -0.444 e. The molecule has 0 aliphatic carbocycles. The molecule has 2 rings (SSSR count). The Bertz CT molecular complexity index is 519. The Morgan fingerprint density at radius 1 is 0.581 bits per heavy atom. The molecule has 8 nitrogen and oxygen atoms in total. The molecule has 0 aromatic rings. The number of carbonyl (C=O) groups is 2. The molecule has 31 heavy (non-hydrogen) atoms. The third-order valence-electron chi connectivity index (χ3n) is 5.50. The number of amides is 2. The average Bonchev–Trinajstić information content (AvgIpc) is 2.66. The zero-order chi connectivity index (χ0) is 23.1. The van der Waals surface area contributed by atoms with Crippen LogP contribution in [0.3, 0.4) is 0 Å². The molecular weight excluding hydrogens is 396 g/mol. The first-order valence-electron chi connectivity index (χ1n) is 11.8. The lowest BCUT2D eigenvalue weighted by atomic mass is 10.2. The fourth-order valence-electron chi connectivity index (χ4n) is 3.81. The van der Waals surface area contributed by atoms with Gasteiger partial charge in [0.1, 0.15) is 11.2 Å². The van der Waals surface area contributed by atoms with Crippen molar-refractivity contribution in [1.29, 1.82) is 0 Å². The van der Waals surface area contributed by atoms with Crippen molar-refractivity contribution in [2.24, 2.45) is 0 Å². The normalized spacial score (nSPS) is 19.4. The topological polar surface area (TPSA) is 65.6 Å². The van der Waals surface area contributed by atoms with Gasteiger partial charge in [-0.3, -0.25) is 9.80 Å². The van der Waals surface area contributed by atoms with Gasteiger partial charge >= 0.3 is 12.2 Å². The molecule has 2 amide bonds. The summed E-state index contributed by atoms with van der Waals surface area (Å²) in [6, 6.07) is 0. The van der Waals surface area contributed by atoms with Gasteiger partial charge in [-0.15, -0.1) is 0 Å². The van der Waals surface area contributed by atoms with Crippen LogP contribution in [0.25, 0.3) is 0 Å². The number of rotatable bonds is 6. The predicted molar refractivity (Wildman–Crippen MR) is 122 cm³/mol. The maximum Gasteiger partial charge on any atom is 0.410 e. The number of unbranched alkanes of at least 4 members (excludes halogenated alkanes) is 2. The third kappa shape index (κ3) is 10.1. The number of carbonyl (C=O) groups excluding carboxylic acids is 2. The number of hydrogen-bond donors (Lipinski definition) is 0. The molecule has 0 radical (unpaired) electrons. The summed E-state index contributed by atoms with van der Waals surface area (Å²) in [7, 11) is 0. The van der Waals surface area contributed by atoms with Gasteiger partial charge in [-0.2, -0.15) is 0 Å². The molecule has 0 N–H and O–H groups in total. The lowest BCUT2D eigenvalue weighted by Crippen LogP contribution is -2.50. The Morgan fingerprint density at radius 2 is 0.903 bits per heavy atom. The maximum absolute atomic E-state index is 12.1. The first-order valence-corrected chi connectivity index (χ1v) is 11.8. The molecule has 2 fully saturated rings. The first-order chi connectivity index (χ1) is 14.4. The van der Waals surface area contributed by atoms with Crippen LogP contribution in [0, 0.1) is 0 Å². The van der Waals surface area contributed by atoms with Gasteiger partial charge < -0.3 is 19.3 Å². The molecule has 0 unspecified atom stereocenters. The minimum absolute atomic E-state index is 0.195. The van der Waals surface area contributed by atoms with Gasteiger partial charge in [0.15, 0.2) is 0 Å². The van der Waals surface area contributed by atoms with E-state index in [2.05, 4.69) is 9.80 Å². The van der Waals surface area contributed by atoms with Crippen LogP contribution in [0.15, 0.2) is 0 Å². The Balaban J connectivity index is 1.51. The van der Waals surface area contributed by atoms with Crippen molar-refractivity contribution in [2.45, 2.75) is 72.0 Å². The highest BCUT2D eigenvalue weighted by molar-refractivity contribution is 5.68. The monoisotopic (exact) mass is 440 g/mol. The molecule has 0 atom stereocenters. The van der Waals surface area contributed by atoms with Gasteiger partial charge in [-0.05, 0) is 67.5 Å². The highest BCUT2D eigenvalue weighted by Gasteiger charge is 2.27. The molecule has 180 valence electrons. The highest BCUT2D eigenvalue weighted by Crippen LogP contribution is 2.14.